The van der Waals surface area contributed by atoms with E-state index in [0.717, 1.165) is 42.5 Å². The van der Waals surface area contributed by atoms with Crippen molar-refractivity contribution in [2.45, 2.75) is 11.7 Å². The fourth-order valence-electron chi connectivity index (χ4n) is 1.85. The summed E-state index contributed by atoms with van der Waals surface area (Å²) in [5.41, 5.74) is -3.99. The summed E-state index contributed by atoms with van der Waals surface area (Å²) in [6.45, 7) is 0. The normalized spacial score (nSPS) is 12.2. The second kappa shape index (κ2) is 8.21. The molecule has 0 radical (unpaired) electrons. The van der Waals surface area contributed by atoms with Crippen molar-refractivity contribution in [2.24, 2.45) is 0 Å². The average Bonchev–Trinajstić information content (AvgIpc) is 2.56. The SMILES string of the molecule is O=C(NC(=O)c1c(F)cccc1F)Nc1ccc(OC(F)(F)C(F)Cl)cc1. The van der Waals surface area contributed by atoms with E-state index in [1.165, 1.54) is 0 Å². The van der Waals surface area contributed by atoms with E-state index in [0.29, 0.717) is 0 Å². The standard InChI is InChI=1S/C16H10ClF5N2O3/c17-14(20)16(21,22)27-9-6-4-8(5-7-9)23-15(26)24-13(25)12-10(18)2-1-3-11(12)19/h1-7,14H,(H2,23,24,25,26). The fraction of sp³-hybridized carbons (Fsp3) is 0.125. The molecule has 0 aliphatic rings. The van der Waals surface area contributed by atoms with Gasteiger partial charge in [-0.3, -0.25) is 10.1 Å². The zero-order valence-corrected chi connectivity index (χ0v) is 13.9. The summed E-state index contributed by atoms with van der Waals surface area (Å²) < 4.78 is 69.5. The van der Waals surface area contributed by atoms with E-state index in [1.807, 2.05) is 0 Å². The highest BCUT2D eigenvalue weighted by Crippen LogP contribution is 2.29. The van der Waals surface area contributed by atoms with E-state index in [2.05, 4.69) is 21.7 Å². The minimum Gasteiger partial charge on any atom is -0.429 e. The van der Waals surface area contributed by atoms with E-state index >= 15 is 0 Å². The molecule has 2 aromatic carbocycles. The van der Waals surface area contributed by atoms with Gasteiger partial charge in [-0.05, 0) is 36.4 Å². The maximum absolute atomic E-state index is 13.5. The van der Waals surface area contributed by atoms with Gasteiger partial charge in [0.2, 0.25) is 0 Å². The number of anilines is 1. The number of hydrogen-bond acceptors (Lipinski definition) is 3. The first-order valence-electron chi connectivity index (χ1n) is 7.11. The monoisotopic (exact) mass is 408 g/mol. The molecule has 11 heteroatoms. The Morgan fingerprint density at radius 2 is 1.59 bits per heavy atom. The second-order valence-corrected chi connectivity index (χ2v) is 5.38. The van der Waals surface area contributed by atoms with Crippen LogP contribution in [0.5, 0.6) is 5.75 Å². The number of hydrogen-bond donors (Lipinski definition) is 2. The molecule has 0 aromatic heterocycles. The van der Waals surface area contributed by atoms with E-state index in [-0.39, 0.29) is 5.69 Å². The largest absolute Gasteiger partial charge is 0.444 e. The van der Waals surface area contributed by atoms with E-state index < -0.39 is 46.6 Å². The molecule has 0 saturated carbocycles. The molecule has 3 amide bonds. The van der Waals surface area contributed by atoms with Crippen LogP contribution in [-0.2, 0) is 0 Å². The van der Waals surface area contributed by atoms with Gasteiger partial charge in [0.05, 0.1) is 0 Å². The molecule has 0 aliphatic carbocycles. The Morgan fingerprint density at radius 3 is 2.11 bits per heavy atom. The van der Waals surface area contributed by atoms with Gasteiger partial charge in [-0.15, -0.1) is 0 Å². The minimum atomic E-state index is -4.26. The van der Waals surface area contributed by atoms with Crippen molar-refractivity contribution in [2.75, 3.05) is 5.32 Å². The lowest BCUT2D eigenvalue weighted by Crippen LogP contribution is -2.35. The van der Waals surface area contributed by atoms with Gasteiger partial charge in [-0.25, -0.2) is 18.0 Å². The average molecular weight is 409 g/mol. The Hall–Kier alpha value is -2.88. The Bertz CT molecular complexity index is 826. The van der Waals surface area contributed by atoms with Crippen LogP contribution >= 0.6 is 11.6 Å². The van der Waals surface area contributed by atoms with Gasteiger partial charge < -0.3 is 10.1 Å². The van der Waals surface area contributed by atoms with Crippen molar-refractivity contribution in [3.63, 3.8) is 0 Å². The van der Waals surface area contributed by atoms with Crippen molar-refractivity contribution < 1.29 is 36.3 Å². The van der Waals surface area contributed by atoms with Gasteiger partial charge >= 0.3 is 12.1 Å². The van der Waals surface area contributed by atoms with Gasteiger partial charge in [0.15, 0.2) is 0 Å². The van der Waals surface area contributed by atoms with E-state index in [4.69, 9.17) is 0 Å². The second-order valence-electron chi connectivity index (χ2n) is 4.99. The zero-order chi connectivity index (χ0) is 20.2. The molecule has 2 aromatic rings. The molecule has 0 saturated heterocycles. The smallest absolute Gasteiger partial charge is 0.429 e. The Kier molecular flexibility index (Phi) is 6.21. The van der Waals surface area contributed by atoms with Crippen molar-refractivity contribution >= 4 is 29.2 Å². The first-order chi connectivity index (χ1) is 12.6. The lowest BCUT2D eigenvalue weighted by molar-refractivity contribution is -0.199. The summed E-state index contributed by atoms with van der Waals surface area (Å²) in [7, 11) is 0. The van der Waals surface area contributed by atoms with Crippen LogP contribution in [0.3, 0.4) is 0 Å². The molecule has 2 N–H and O–H groups in total. The first-order valence-corrected chi connectivity index (χ1v) is 7.55. The summed E-state index contributed by atoms with van der Waals surface area (Å²) >= 11 is 4.65. The molecule has 0 aliphatic heterocycles. The predicted octanol–water partition coefficient (Wildman–Crippen LogP) is 4.43. The summed E-state index contributed by atoms with van der Waals surface area (Å²) in [4.78, 5) is 23.5. The van der Waals surface area contributed by atoms with Gasteiger partial charge in [-0.1, -0.05) is 17.7 Å². The maximum Gasteiger partial charge on any atom is 0.444 e. The third-order valence-corrected chi connectivity index (χ3v) is 3.29. The molecular formula is C16H10ClF5N2O3. The lowest BCUT2D eigenvalue weighted by atomic mass is 10.2. The third-order valence-electron chi connectivity index (χ3n) is 3.04. The number of ether oxygens (including phenoxy) is 1. The highest BCUT2D eigenvalue weighted by molar-refractivity contribution is 6.20. The number of rotatable bonds is 5. The number of amides is 3. The molecule has 0 spiro atoms. The van der Waals surface area contributed by atoms with Crippen LogP contribution in [0, 0.1) is 11.6 Å². The van der Waals surface area contributed by atoms with E-state index in [1.54, 1.807) is 5.32 Å². The van der Waals surface area contributed by atoms with Crippen LogP contribution in [0.1, 0.15) is 10.4 Å². The summed E-state index contributed by atoms with van der Waals surface area (Å²) in [5, 5.41) is 3.84. The van der Waals surface area contributed by atoms with Gasteiger partial charge in [0.1, 0.15) is 22.9 Å². The Morgan fingerprint density at radius 1 is 1.04 bits per heavy atom. The first kappa shape index (κ1) is 20.4. The van der Waals surface area contributed by atoms with Gasteiger partial charge in [0, 0.05) is 5.69 Å². The van der Waals surface area contributed by atoms with Crippen LogP contribution in [0.15, 0.2) is 42.5 Å². The number of alkyl halides is 4. The van der Waals surface area contributed by atoms with Crippen LogP contribution in [0.2, 0.25) is 0 Å². The molecule has 0 heterocycles. The lowest BCUT2D eigenvalue weighted by Gasteiger charge is -2.17. The minimum absolute atomic E-state index is 0.0210. The zero-order valence-electron chi connectivity index (χ0n) is 13.1. The summed E-state index contributed by atoms with van der Waals surface area (Å²) in [5.74, 6) is -4.08. The summed E-state index contributed by atoms with van der Waals surface area (Å²) in [6.07, 6.45) is -4.26. The van der Waals surface area contributed by atoms with Crippen molar-refractivity contribution in [1.82, 2.24) is 5.32 Å². The molecule has 0 bridgehead atoms. The molecule has 0 fully saturated rings. The molecule has 2 rings (SSSR count). The number of halogens is 6. The number of benzene rings is 2. The number of carbonyl (C=O) groups excluding carboxylic acids is 2. The van der Waals surface area contributed by atoms with Crippen molar-refractivity contribution in [1.29, 1.82) is 0 Å². The number of urea groups is 1. The Balaban J connectivity index is 1.99. The molecular weight excluding hydrogens is 399 g/mol. The molecule has 144 valence electrons. The highest BCUT2D eigenvalue weighted by Gasteiger charge is 2.42. The quantitative estimate of drug-likeness (QED) is 0.568. The number of carbonyl (C=O) groups is 2. The number of imide groups is 1. The topological polar surface area (TPSA) is 67.4 Å². The number of nitrogens with one attached hydrogen (secondary N) is 2. The van der Waals surface area contributed by atoms with Crippen molar-refractivity contribution in [3.8, 4) is 5.75 Å². The van der Waals surface area contributed by atoms with Gasteiger partial charge in [-0.2, -0.15) is 8.78 Å². The fourth-order valence-corrected chi connectivity index (χ4v) is 1.90. The highest BCUT2D eigenvalue weighted by atomic mass is 35.5. The van der Waals surface area contributed by atoms with Gasteiger partial charge in [0.25, 0.3) is 11.5 Å². The summed E-state index contributed by atoms with van der Waals surface area (Å²) in [6, 6.07) is 5.74. The molecule has 27 heavy (non-hydrogen) atoms. The van der Waals surface area contributed by atoms with Crippen LogP contribution in [-0.4, -0.2) is 23.7 Å². The van der Waals surface area contributed by atoms with Crippen LogP contribution in [0.25, 0.3) is 0 Å². The maximum atomic E-state index is 13.5. The Labute approximate surface area is 154 Å². The van der Waals surface area contributed by atoms with Crippen LogP contribution < -0.4 is 15.4 Å². The van der Waals surface area contributed by atoms with E-state index in [9.17, 15) is 31.5 Å². The predicted molar refractivity (Wildman–Crippen MR) is 85.6 cm³/mol. The molecule has 1 unspecified atom stereocenters. The van der Waals surface area contributed by atoms with Crippen molar-refractivity contribution in [3.05, 3.63) is 59.7 Å². The third kappa shape index (κ3) is 5.30. The molecule has 5 nitrogen and oxygen atoms in total. The molecule has 1 atom stereocenters. The van der Waals surface area contributed by atoms with Crippen LogP contribution in [0.4, 0.5) is 32.4 Å².